The van der Waals surface area contributed by atoms with Crippen LogP contribution in [0.1, 0.15) is 16.7 Å². The van der Waals surface area contributed by atoms with E-state index in [2.05, 4.69) is 16.4 Å². The quantitative estimate of drug-likeness (QED) is 0.876. The fraction of sp³-hybridized carbons (Fsp3) is 0.143. The lowest BCUT2D eigenvalue weighted by Gasteiger charge is -2.11. The summed E-state index contributed by atoms with van der Waals surface area (Å²) in [6.07, 6.45) is 1.62. The van der Waals surface area contributed by atoms with Gasteiger partial charge in [0, 0.05) is 11.9 Å². The molecule has 0 aliphatic rings. The van der Waals surface area contributed by atoms with Crippen molar-refractivity contribution < 1.29 is 4.39 Å². The fourth-order valence-corrected chi connectivity index (χ4v) is 1.65. The highest BCUT2D eigenvalue weighted by Crippen LogP contribution is 2.23. The summed E-state index contributed by atoms with van der Waals surface area (Å²) < 4.78 is 13.2. The molecule has 1 heterocycles. The van der Waals surface area contributed by atoms with Crippen molar-refractivity contribution in [3.05, 3.63) is 53.0 Å². The number of hydrogen-bond donors (Lipinski definition) is 1. The number of nitriles is 1. The van der Waals surface area contributed by atoms with Gasteiger partial charge in [-0.1, -0.05) is 6.07 Å². The summed E-state index contributed by atoms with van der Waals surface area (Å²) in [7, 11) is 0. The van der Waals surface area contributed by atoms with Gasteiger partial charge in [-0.15, -0.1) is 0 Å². The molecule has 3 nitrogen and oxygen atoms in total. The largest absolute Gasteiger partial charge is 0.339 e. The van der Waals surface area contributed by atoms with Crippen LogP contribution in [0.15, 0.2) is 30.5 Å². The van der Waals surface area contributed by atoms with E-state index in [1.807, 2.05) is 13.8 Å². The number of aromatic nitrogens is 1. The molecule has 0 unspecified atom stereocenters. The number of anilines is 2. The molecule has 1 aromatic carbocycles. The van der Waals surface area contributed by atoms with E-state index < -0.39 is 0 Å². The third kappa shape index (κ3) is 2.30. The van der Waals surface area contributed by atoms with E-state index in [9.17, 15) is 4.39 Å². The standard InChI is InChI=1S/C14H12FN3/c1-9-5-6-17-14(12(9)8-16)18-13-7-11(15)4-3-10(13)2/h3-7H,1-2H3,(H,17,18). The third-order valence-corrected chi connectivity index (χ3v) is 2.72. The van der Waals surface area contributed by atoms with E-state index in [1.165, 1.54) is 12.1 Å². The van der Waals surface area contributed by atoms with Gasteiger partial charge in [-0.05, 0) is 43.2 Å². The summed E-state index contributed by atoms with van der Waals surface area (Å²) in [6, 6.07) is 8.33. The zero-order chi connectivity index (χ0) is 13.1. The Hall–Kier alpha value is -2.41. The summed E-state index contributed by atoms with van der Waals surface area (Å²) in [5, 5.41) is 12.1. The molecule has 4 heteroatoms. The average Bonchev–Trinajstić information content (AvgIpc) is 2.34. The maximum absolute atomic E-state index is 13.2. The van der Waals surface area contributed by atoms with Crippen molar-refractivity contribution in [1.82, 2.24) is 4.98 Å². The maximum Gasteiger partial charge on any atom is 0.148 e. The Morgan fingerprint density at radius 2 is 2.00 bits per heavy atom. The van der Waals surface area contributed by atoms with Gasteiger partial charge in [0.05, 0.1) is 5.56 Å². The summed E-state index contributed by atoms with van der Waals surface area (Å²) in [6.45, 7) is 3.70. The molecule has 2 rings (SSSR count). The first-order chi connectivity index (χ1) is 8.61. The number of halogens is 1. The van der Waals surface area contributed by atoms with Gasteiger partial charge in [0.2, 0.25) is 0 Å². The van der Waals surface area contributed by atoms with Crippen LogP contribution in [-0.2, 0) is 0 Å². The van der Waals surface area contributed by atoms with Crippen LogP contribution in [0.2, 0.25) is 0 Å². The predicted octanol–water partition coefficient (Wildman–Crippen LogP) is 3.45. The highest BCUT2D eigenvalue weighted by Gasteiger charge is 2.08. The minimum absolute atomic E-state index is 0.325. The third-order valence-electron chi connectivity index (χ3n) is 2.72. The molecule has 0 saturated heterocycles. The molecule has 18 heavy (non-hydrogen) atoms. The van der Waals surface area contributed by atoms with Gasteiger partial charge in [0.25, 0.3) is 0 Å². The number of aryl methyl sites for hydroxylation is 2. The predicted molar refractivity (Wildman–Crippen MR) is 68.1 cm³/mol. The van der Waals surface area contributed by atoms with Crippen molar-refractivity contribution in [2.45, 2.75) is 13.8 Å². The molecule has 2 aromatic rings. The Morgan fingerprint density at radius 3 is 2.72 bits per heavy atom. The zero-order valence-corrected chi connectivity index (χ0v) is 10.2. The Morgan fingerprint density at radius 1 is 1.22 bits per heavy atom. The number of hydrogen-bond acceptors (Lipinski definition) is 3. The van der Waals surface area contributed by atoms with Crippen LogP contribution in [0.5, 0.6) is 0 Å². The molecule has 0 atom stereocenters. The van der Waals surface area contributed by atoms with Gasteiger partial charge in [0.15, 0.2) is 0 Å². The second-order valence-electron chi connectivity index (χ2n) is 4.05. The van der Waals surface area contributed by atoms with E-state index in [-0.39, 0.29) is 5.82 Å². The second-order valence-corrected chi connectivity index (χ2v) is 4.05. The highest BCUT2D eigenvalue weighted by atomic mass is 19.1. The monoisotopic (exact) mass is 241 g/mol. The minimum Gasteiger partial charge on any atom is -0.339 e. The molecule has 0 bridgehead atoms. The van der Waals surface area contributed by atoms with Crippen molar-refractivity contribution >= 4 is 11.5 Å². The van der Waals surface area contributed by atoms with Crippen molar-refractivity contribution in [3.8, 4) is 6.07 Å². The van der Waals surface area contributed by atoms with Gasteiger partial charge in [-0.25, -0.2) is 9.37 Å². The Bertz CT molecular complexity index is 629. The summed E-state index contributed by atoms with van der Waals surface area (Å²) in [5.41, 5.74) is 2.82. The number of rotatable bonds is 2. The van der Waals surface area contributed by atoms with Crippen LogP contribution < -0.4 is 5.32 Å². The fourth-order valence-electron chi connectivity index (χ4n) is 1.65. The number of benzene rings is 1. The van der Waals surface area contributed by atoms with E-state index in [0.717, 1.165) is 11.1 Å². The smallest absolute Gasteiger partial charge is 0.148 e. The molecule has 0 spiro atoms. The van der Waals surface area contributed by atoms with Crippen molar-refractivity contribution in [3.63, 3.8) is 0 Å². The van der Waals surface area contributed by atoms with Crippen LogP contribution in [0.25, 0.3) is 0 Å². The summed E-state index contributed by atoms with van der Waals surface area (Å²) >= 11 is 0. The first-order valence-corrected chi connectivity index (χ1v) is 5.50. The Balaban J connectivity index is 2.44. The topological polar surface area (TPSA) is 48.7 Å². The lowest BCUT2D eigenvalue weighted by atomic mass is 10.1. The van der Waals surface area contributed by atoms with Gasteiger partial charge in [-0.3, -0.25) is 0 Å². The molecule has 90 valence electrons. The van der Waals surface area contributed by atoms with E-state index in [4.69, 9.17) is 5.26 Å². The minimum atomic E-state index is -0.325. The normalized spacial score (nSPS) is 9.89. The first kappa shape index (κ1) is 12.1. The van der Waals surface area contributed by atoms with Crippen LogP contribution in [0.3, 0.4) is 0 Å². The molecular weight excluding hydrogens is 229 g/mol. The Labute approximate surface area is 105 Å². The van der Waals surface area contributed by atoms with Gasteiger partial charge >= 0.3 is 0 Å². The van der Waals surface area contributed by atoms with Crippen molar-refractivity contribution in [2.24, 2.45) is 0 Å². The molecule has 0 fully saturated rings. The van der Waals surface area contributed by atoms with Crippen LogP contribution >= 0.6 is 0 Å². The lowest BCUT2D eigenvalue weighted by molar-refractivity contribution is 0.628. The van der Waals surface area contributed by atoms with Crippen molar-refractivity contribution in [1.29, 1.82) is 5.26 Å². The van der Waals surface area contributed by atoms with Crippen LogP contribution in [-0.4, -0.2) is 4.98 Å². The molecule has 0 radical (unpaired) electrons. The lowest BCUT2D eigenvalue weighted by Crippen LogP contribution is -2.00. The SMILES string of the molecule is Cc1ccc(F)cc1Nc1nccc(C)c1C#N. The maximum atomic E-state index is 13.2. The zero-order valence-electron chi connectivity index (χ0n) is 10.2. The van der Waals surface area contributed by atoms with E-state index >= 15 is 0 Å². The molecule has 0 aliphatic heterocycles. The van der Waals surface area contributed by atoms with E-state index in [0.29, 0.717) is 17.1 Å². The first-order valence-electron chi connectivity index (χ1n) is 5.50. The molecule has 0 aliphatic carbocycles. The van der Waals surface area contributed by atoms with Crippen LogP contribution in [0, 0.1) is 31.0 Å². The summed E-state index contributed by atoms with van der Waals surface area (Å²) in [4.78, 5) is 4.12. The summed E-state index contributed by atoms with van der Waals surface area (Å²) in [5.74, 6) is 0.125. The van der Waals surface area contributed by atoms with E-state index in [1.54, 1.807) is 18.3 Å². The highest BCUT2D eigenvalue weighted by molar-refractivity contribution is 5.66. The molecular formula is C14H12FN3. The molecule has 0 amide bonds. The second kappa shape index (κ2) is 4.84. The molecule has 0 saturated carbocycles. The number of pyridine rings is 1. The van der Waals surface area contributed by atoms with Gasteiger partial charge < -0.3 is 5.32 Å². The average molecular weight is 241 g/mol. The van der Waals surface area contributed by atoms with Crippen LogP contribution in [0.4, 0.5) is 15.9 Å². The van der Waals surface area contributed by atoms with Gasteiger partial charge in [-0.2, -0.15) is 5.26 Å². The molecule has 1 aromatic heterocycles. The Kier molecular flexibility index (Phi) is 3.24. The van der Waals surface area contributed by atoms with Gasteiger partial charge in [0.1, 0.15) is 17.7 Å². The number of nitrogens with zero attached hydrogens (tertiary/aromatic N) is 2. The molecule has 1 N–H and O–H groups in total. The van der Waals surface area contributed by atoms with Crippen molar-refractivity contribution in [2.75, 3.05) is 5.32 Å². The number of nitrogens with one attached hydrogen (secondary N) is 1.